The third-order valence-electron chi connectivity index (χ3n) is 3.73. The number of fused-ring (bicyclic) bond motifs is 1. The Morgan fingerprint density at radius 1 is 1.00 bits per heavy atom. The summed E-state index contributed by atoms with van der Waals surface area (Å²) in [6.45, 7) is 2.16. The third-order valence-corrected chi connectivity index (χ3v) is 3.73. The van der Waals surface area contributed by atoms with Gasteiger partial charge in [-0.15, -0.1) is 0 Å². The van der Waals surface area contributed by atoms with Crippen molar-refractivity contribution in [1.29, 1.82) is 0 Å². The lowest BCUT2D eigenvalue weighted by Crippen LogP contribution is -1.83. The van der Waals surface area contributed by atoms with Crippen molar-refractivity contribution in [2.75, 3.05) is 7.11 Å². The number of hydrogen-bond donors (Lipinski definition) is 0. The van der Waals surface area contributed by atoms with Crippen LogP contribution in [0.3, 0.4) is 0 Å². The molecule has 0 fully saturated rings. The SMILES string of the molecule is COc1ccc(/C=C2\CCc3cc(C)ccc32)cc1. The summed E-state index contributed by atoms with van der Waals surface area (Å²) in [4.78, 5) is 0. The summed E-state index contributed by atoms with van der Waals surface area (Å²) in [6.07, 6.45) is 4.60. The normalized spacial score (nSPS) is 15.6. The largest absolute Gasteiger partial charge is 0.497 e. The van der Waals surface area contributed by atoms with Crippen LogP contribution >= 0.6 is 0 Å². The van der Waals surface area contributed by atoms with Gasteiger partial charge in [0.1, 0.15) is 5.75 Å². The maximum atomic E-state index is 5.19. The van der Waals surface area contributed by atoms with Crippen LogP contribution in [-0.2, 0) is 6.42 Å². The lowest BCUT2D eigenvalue weighted by atomic mass is 10.0. The quantitative estimate of drug-likeness (QED) is 0.763. The predicted octanol–water partition coefficient (Wildman–Crippen LogP) is 4.49. The molecule has 0 amide bonds. The van der Waals surface area contributed by atoms with Crippen LogP contribution in [0.15, 0.2) is 42.5 Å². The number of ether oxygens (including phenoxy) is 1. The molecular formula is C18H18O. The molecule has 1 heteroatoms. The molecule has 3 rings (SSSR count). The van der Waals surface area contributed by atoms with E-state index in [-0.39, 0.29) is 0 Å². The van der Waals surface area contributed by atoms with Crippen LogP contribution in [0.4, 0.5) is 0 Å². The molecule has 2 aromatic rings. The van der Waals surface area contributed by atoms with Gasteiger partial charge in [0.2, 0.25) is 0 Å². The average molecular weight is 250 g/mol. The number of aryl methyl sites for hydroxylation is 2. The fourth-order valence-corrected chi connectivity index (χ4v) is 2.70. The molecule has 1 aliphatic carbocycles. The fraction of sp³-hybridized carbons (Fsp3) is 0.222. The first kappa shape index (κ1) is 12.0. The van der Waals surface area contributed by atoms with E-state index in [0.29, 0.717) is 0 Å². The van der Waals surface area contributed by atoms with Gasteiger partial charge in [-0.2, -0.15) is 0 Å². The van der Waals surface area contributed by atoms with Gasteiger partial charge in [0, 0.05) is 0 Å². The summed E-state index contributed by atoms with van der Waals surface area (Å²) in [5.74, 6) is 0.907. The topological polar surface area (TPSA) is 9.23 Å². The van der Waals surface area contributed by atoms with Crippen LogP contribution in [-0.4, -0.2) is 7.11 Å². The van der Waals surface area contributed by atoms with Crippen LogP contribution in [0, 0.1) is 6.92 Å². The van der Waals surface area contributed by atoms with Crippen LogP contribution < -0.4 is 4.74 Å². The van der Waals surface area contributed by atoms with E-state index in [9.17, 15) is 0 Å². The molecule has 2 aromatic carbocycles. The molecule has 0 aromatic heterocycles. The van der Waals surface area contributed by atoms with Gasteiger partial charge in [-0.05, 0) is 54.2 Å². The highest BCUT2D eigenvalue weighted by Gasteiger charge is 2.15. The number of hydrogen-bond acceptors (Lipinski definition) is 1. The third kappa shape index (κ3) is 2.41. The molecule has 0 aliphatic heterocycles. The molecule has 1 aliphatic rings. The zero-order chi connectivity index (χ0) is 13.2. The summed E-state index contributed by atoms with van der Waals surface area (Å²) in [7, 11) is 1.70. The van der Waals surface area contributed by atoms with Gasteiger partial charge < -0.3 is 4.74 Å². The first-order chi connectivity index (χ1) is 9.26. The minimum Gasteiger partial charge on any atom is -0.497 e. The smallest absolute Gasteiger partial charge is 0.118 e. The fourth-order valence-electron chi connectivity index (χ4n) is 2.70. The average Bonchev–Trinajstić information content (AvgIpc) is 2.82. The van der Waals surface area contributed by atoms with Crippen LogP contribution in [0.5, 0.6) is 5.75 Å². The van der Waals surface area contributed by atoms with Crippen molar-refractivity contribution in [2.45, 2.75) is 19.8 Å². The van der Waals surface area contributed by atoms with Crippen LogP contribution in [0.25, 0.3) is 11.6 Å². The summed E-state index contributed by atoms with van der Waals surface area (Å²) in [5.41, 5.74) is 6.94. The Labute approximate surface area is 114 Å². The Morgan fingerprint density at radius 2 is 1.79 bits per heavy atom. The second-order valence-corrected chi connectivity index (χ2v) is 5.10. The molecule has 0 radical (unpaired) electrons. The van der Waals surface area contributed by atoms with Gasteiger partial charge in [0.05, 0.1) is 7.11 Å². The van der Waals surface area contributed by atoms with Crippen LogP contribution in [0.1, 0.15) is 28.7 Å². The second-order valence-electron chi connectivity index (χ2n) is 5.10. The highest BCUT2D eigenvalue weighted by atomic mass is 16.5. The van der Waals surface area contributed by atoms with Gasteiger partial charge in [0.15, 0.2) is 0 Å². The summed E-state index contributed by atoms with van der Waals surface area (Å²) in [6, 6.07) is 15.0. The van der Waals surface area contributed by atoms with E-state index in [1.54, 1.807) is 7.11 Å². The first-order valence-corrected chi connectivity index (χ1v) is 6.71. The van der Waals surface area contributed by atoms with Gasteiger partial charge in [-0.3, -0.25) is 0 Å². The Balaban J connectivity index is 1.93. The van der Waals surface area contributed by atoms with Gasteiger partial charge >= 0.3 is 0 Å². The number of benzene rings is 2. The molecule has 19 heavy (non-hydrogen) atoms. The molecule has 96 valence electrons. The van der Waals surface area contributed by atoms with E-state index in [0.717, 1.165) is 12.2 Å². The molecule has 0 saturated heterocycles. The summed E-state index contributed by atoms with van der Waals surface area (Å²) < 4.78 is 5.19. The van der Waals surface area contributed by atoms with E-state index in [1.807, 2.05) is 12.1 Å². The minimum absolute atomic E-state index is 0.907. The van der Waals surface area contributed by atoms with Gasteiger partial charge in [0.25, 0.3) is 0 Å². The van der Waals surface area contributed by atoms with Crippen molar-refractivity contribution in [1.82, 2.24) is 0 Å². The number of methoxy groups -OCH3 is 1. The Morgan fingerprint density at radius 3 is 2.53 bits per heavy atom. The maximum absolute atomic E-state index is 5.19. The van der Waals surface area contributed by atoms with Gasteiger partial charge in [-0.25, -0.2) is 0 Å². The standard InChI is InChI=1S/C18H18O/c1-13-3-10-18-15(11-13)6-7-16(18)12-14-4-8-17(19-2)9-5-14/h3-5,8-12H,6-7H2,1-2H3/b16-12+. The van der Waals surface area contributed by atoms with E-state index in [2.05, 4.69) is 43.3 Å². The Hall–Kier alpha value is -2.02. The summed E-state index contributed by atoms with van der Waals surface area (Å²) >= 11 is 0. The molecular weight excluding hydrogens is 232 g/mol. The van der Waals surface area contributed by atoms with Crippen molar-refractivity contribution in [3.63, 3.8) is 0 Å². The van der Waals surface area contributed by atoms with Crippen LogP contribution in [0.2, 0.25) is 0 Å². The highest BCUT2D eigenvalue weighted by Crippen LogP contribution is 2.34. The summed E-state index contributed by atoms with van der Waals surface area (Å²) in [5, 5.41) is 0. The molecule has 0 bridgehead atoms. The van der Waals surface area contributed by atoms with Crippen molar-refractivity contribution in [3.8, 4) is 5.75 Å². The zero-order valence-electron chi connectivity index (χ0n) is 11.4. The van der Waals surface area contributed by atoms with Crippen molar-refractivity contribution >= 4 is 11.6 Å². The molecule has 0 atom stereocenters. The van der Waals surface area contributed by atoms with E-state index < -0.39 is 0 Å². The number of rotatable bonds is 2. The molecule has 0 spiro atoms. The van der Waals surface area contributed by atoms with E-state index in [4.69, 9.17) is 4.74 Å². The van der Waals surface area contributed by atoms with Crippen molar-refractivity contribution < 1.29 is 4.74 Å². The molecule has 0 unspecified atom stereocenters. The van der Waals surface area contributed by atoms with E-state index >= 15 is 0 Å². The molecule has 0 heterocycles. The minimum atomic E-state index is 0.907. The zero-order valence-corrected chi connectivity index (χ0v) is 11.4. The molecule has 0 saturated carbocycles. The monoisotopic (exact) mass is 250 g/mol. The lowest BCUT2D eigenvalue weighted by Gasteiger charge is -2.03. The van der Waals surface area contributed by atoms with Crippen molar-refractivity contribution in [2.24, 2.45) is 0 Å². The Bertz CT molecular complexity index is 621. The predicted molar refractivity (Wildman–Crippen MR) is 80.4 cm³/mol. The Kier molecular flexibility index (Phi) is 3.12. The van der Waals surface area contributed by atoms with E-state index in [1.165, 1.54) is 34.2 Å². The molecule has 1 nitrogen and oxygen atoms in total. The highest BCUT2D eigenvalue weighted by molar-refractivity contribution is 5.85. The van der Waals surface area contributed by atoms with Gasteiger partial charge in [-0.1, -0.05) is 42.0 Å². The first-order valence-electron chi connectivity index (χ1n) is 6.71. The van der Waals surface area contributed by atoms with Crippen molar-refractivity contribution in [3.05, 3.63) is 64.7 Å². The lowest BCUT2D eigenvalue weighted by molar-refractivity contribution is 0.415. The molecule has 0 N–H and O–H groups in total. The number of allylic oxidation sites excluding steroid dienone is 1. The second kappa shape index (κ2) is 4.93. The maximum Gasteiger partial charge on any atom is 0.118 e.